The molecule has 2 nitrogen and oxygen atoms in total. The van der Waals surface area contributed by atoms with Crippen molar-refractivity contribution in [2.45, 2.75) is 0 Å². The van der Waals surface area contributed by atoms with Gasteiger partial charge >= 0.3 is 0 Å². The monoisotopic (exact) mass is 614 g/mol. The summed E-state index contributed by atoms with van der Waals surface area (Å²) >= 11 is 0. The van der Waals surface area contributed by atoms with Crippen LogP contribution in [-0.2, 0) is 0 Å². The Balaban J connectivity index is 1.23. The minimum absolute atomic E-state index is 0.826. The number of benzene rings is 7. The summed E-state index contributed by atoms with van der Waals surface area (Å²) in [5.41, 5.74) is 12.8. The number of furan rings is 2. The van der Waals surface area contributed by atoms with Crippen LogP contribution < -0.4 is 0 Å². The van der Waals surface area contributed by atoms with Gasteiger partial charge in [-0.1, -0.05) is 170 Å². The average molecular weight is 615 g/mol. The molecule has 0 unspecified atom stereocenters. The van der Waals surface area contributed by atoms with Crippen molar-refractivity contribution in [2.75, 3.05) is 0 Å². The predicted octanol–water partition coefficient (Wildman–Crippen LogP) is 13.2. The molecule has 226 valence electrons. The Morgan fingerprint density at radius 3 is 0.854 bits per heavy atom. The number of hydrogen-bond donors (Lipinski definition) is 0. The summed E-state index contributed by atoms with van der Waals surface area (Å²) in [5, 5.41) is 2.05. The zero-order chi connectivity index (χ0) is 31.9. The van der Waals surface area contributed by atoms with Gasteiger partial charge in [-0.25, -0.2) is 0 Å². The molecule has 9 rings (SSSR count). The molecule has 0 saturated heterocycles. The van der Waals surface area contributed by atoms with Crippen LogP contribution in [0.4, 0.5) is 0 Å². The summed E-state index contributed by atoms with van der Waals surface area (Å²) in [5.74, 6) is 1.70. The third kappa shape index (κ3) is 4.92. The maximum atomic E-state index is 6.82. The standard InChI is InChI=1S/C46H30O2/c1-5-13-31(14-6-1)33-21-25-37(26-22-33)45-43(35-17-9-3-10-18-35)39-29-42-40(30-41(39)47-45)44(36-19-11-4-12-20-36)46(48-42)38-27-23-34(24-28-38)32-15-7-2-8-16-32/h1-30H. The molecule has 2 heterocycles. The summed E-state index contributed by atoms with van der Waals surface area (Å²) in [7, 11) is 0. The first-order valence-corrected chi connectivity index (χ1v) is 16.3. The molecular weight excluding hydrogens is 585 g/mol. The van der Waals surface area contributed by atoms with Crippen LogP contribution in [-0.4, -0.2) is 0 Å². The summed E-state index contributed by atoms with van der Waals surface area (Å²) < 4.78 is 13.6. The summed E-state index contributed by atoms with van der Waals surface area (Å²) in [6.45, 7) is 0. The van der Waals surface area contributed by atoms with E-state index in [0.717, 1.165) is 66.8 Å². The smallest absolute Gasteiger partial charge is 0.143 e. The van der Waals surface area contributed by atoms with Crippen molar-refractivity contribution in [3.63, 3.8) is 0 Å². The molecule has 9 aromatic rings. The first-order chi connectivity index (χ1) is 23.8. The van der Waals surface area contributed by atoms with E-state index in [1.54, 1.807) is 0 Å². The largest absolute Gasteiger partial charge is 0.455 e. The Labute approximate surface area is 279 Å². The quantitative estimate of drug-likeness (QED) is 0.186. The summed E-state index contributed by atoms with van der Waals surface area (Å²) in [6.07, 6.45) is 0. The Bertz CT molecular complexity index is 2310. The number of fused-ring (bicyclic) bond motifs is 2. The zero-order valence-electron chi connectivity index (χ0n) is 26.1. The molecule has 0 aliphatic carbocycles. The molecule has 0 bridgehead atoms. The summed E-state index contributed by atoms with van der Waals surface area (Å²) in [4.78, 5) is 0. The van der Waals surface area contributed by atoms with E-state index in [4.69, 9.17) is 8.83 Å². The van der Waals surface area contributed by atoms with Gasteiger partial charge in [0.15, 0.2) is 0 Å². The van der Waals surface area contributed by atoms with Crippen LogP contribution in [0.3, 0.4) is 0 Å². The van der Waals surface area contributed by atoms with Crippen LogP contribution in [0.5, 0.6) is 0 Å². The Morgan fingerprint density at radius 1 is 0.250 bits per heavy atom. The van der Waals surface area contributed by atoms with Crippen molar-refractivity contribution in [3.05, 3.63) is 182 Å². The fourth-order valence-electron chi connectivity index (χ4n) is 6.76. The van der Waals surface area contributed by atoms with Gasteiger partial charge in [0.1, 0.15) is 22.7 Å². The van der Waals surface area contributed by atoms with Crippen molar-refractivity contribution in [1.82, 2.24) is 0 Å². The predicted molar refractivity (Wildman–Crippen MR) is 199 cm³/mol. The lowest BCUT2D eigenvalue weighted by molar-refractivity contribution is 0.628. The van der Waals surface area contributed by atoms with E-state index in [2.05, 4.69) is 158 Å². The van der Waals surface area contributed by atoms with Gasteiger partial charge in [0, 0.05) is 33.0 Å². The maximum absolute atomic E-state index is 6.82. The van der Waals surface area contributed by atoms with Crippen LogP contribution in [0.2, 0.25) is 0 Å². The second-order valence-electron chi connectivity index (χ2n) is 12.1. The molecule has 48 heavy (non-hydrogen) atoms. The molecule has 2 heteroatoms. The van der Waals surface area contributed by atoms with Crippen molar-refractivity contribution in [2.24, 2.45) is 0 Å². The molecule has 0 amide bonds. The summed E-state index contributed by atoms with van der Waals surface area (Å²) in [6, 6.07) is 63.5. The molecule has 0 radical (unpaired) electrons. The van der Waals surface area contributed by atoms with E-state index in [0.29, 0.717) is 0 Å². The highest BCUT2D eigenvalue weighted by molar-refractivity contribution is 6.11. The topological polar surface area (TPSA) is 26.3 Å². The number of hydrogen-bond acceptors (Lipinski definition) is 2. The molecule has 0 saturated carbocycles. The Hall–Kier alpha value is -6.38. The zero-order valence-corrected chi connectivity index (χ0v) is 26.1. The molecule has 7 aromatic carbocycles. The van der Waals surface area contributed by atoms with E-state index >= 15 is 0 Å². The van der Waals surface area contributed by atoms with Crippen LogP contribution in [0, 0.1) is 0 Å². The molecule has 0 atom stereocenters. The molecular formula is C46H30O2. The normalized spacial score (nSPS) is 11.3. The molecule has 0 aliphatic heterocycles. The molecule has 0 fully saturated rings. The molecule has 2 aromatic heterocycles. The fraction of sp³-hybridized carbons (Fsp3) is 0. The van der Waals surface area contributed by atoms with E-state index in [-0.39, 0.29) is 0 Å². The molecule has 0 spiro atoms. The third-order valence-electron chi connectivity index (χ3n) is 9.13. The highest BCUT2D eigenvalue weighted by atomic mass is 16.3. The Kier molecular flexibility index (Phi) is 6.84. The van der Waals surface area contributed by atoms with Gasteiger partial charge in [-0.15, -0.1) is 0 Å². The highest BCUT2D eigenvalue weighted by Crippen LogP contribution is 2.47. The van der Waals surface area contributed by atoms with E-state index in [9.17, 15) is 0 Å². The maximum Gasteiger partial charge on any atom is 0.143 e. The molecule has 0 aliphatic rings. The van der Waals surface area contributed by atoms with E-state index in [1.165, 1.54) is 22.3 Å². The van der Waals surface area contributed by atoms with Gasteiger partial charge in [-0.2, -0.15) is 0 Å². The third-order valence-corrected chi connectivity index (χ3v) is 9.13. The van der Waals surface area contributed by atoms with Crippen LogP contribution in [0.1, 0.15) is 0 Å². The first kappa shape index (κ1) is 27.9. The van der Waals surface area contributed by atoms with Crippen molar-refractivity contribution in [3.8, 4) is 67.2 Å². The van der Waals surface area contributed by atoms with Gasteiger partial charge < -0.3 is 8.83 Å². The SMILES string of the molecule is c1ccc(-c2ccc(-c3oc4cc5c(-c6ccccc6)c(-c6ccc(-c7ccccc7)cc6)oc5cc4c3-c3ccccc3)cc2)cc1. The first-order valence-electron chi connectivity index (χ1n) is 16.3. The number of rotatable bonds is 6. The fourth-order valence-corrected chi connectivity index (χ4v) is 6.76. The van der Waals surface area contributed by atoms with Crippen molar-refractivity contribution >= 4 is 21.9 Å². The van der Waals surface area contributed by atoms with Crippen LogP contribution >= 0.6 is 0 Å². The second-order valence-corrected chi connectivity index (χ2v) is 12.1. The van der Waals surface area contributed by atoms with Gasteiger partial charge in [-0.05, 0) is 45.5 Å². The van der Waals surface area contributed by atoms with E-state index < -0.39 is 0 Å². The van der Waals surface area contributed by atoms with Crippen LogP contribution in [0.15, 0.2) is 191 Å². The van der Waals surface area contributed by atoms with Gasteiger partial charge in [0.2, 0.25) is 0 Å². The lowest BCUT2D eigenvalue weighted by atomic mass is 9.95. The van der Waals surface area contributed by atoms with Crippen molar-refractivity contribution < 1.29 is 8.83 Å². The minimum atomic E-state index is 0.826. The lowest BCUT2D eigenvalue weighted by Gasteiger charge is -2.06. The highest BCUT2D eigenvalue weighted by Gasteiger charge is 2.23. The average Bonchev–Trinajstić information content (AvgIpc) is 3.73. The van der Waals surface area contributed by atoms with Crippen LogP contribution in [0.25, 0.3) is 89.1 Å². The van der Waals surface area contributed by atoms with Gasteiger partial charge in [-0.3, -0.25) is 0 Å². The second kappa shape index (κ2) is 11.8. The van der Waals surface area contributed by atoms with Gasteiger partial charge in [0.25, 0.3) is 0 Å². The van der Waals surface area contributed by atoms with Gasteiger partial charge in [0.05, 0.1) is 0 Å². The van der Waals surface area contributed by atoms with Crippen molar-refractivity contribution in [1.29, 1.82) is 0 Å². The minimum Gasteiger partial charge on any atom is -0.455 e. The Morgan fingerprint density at radius 2 is 0.521 bits per heavy atom. The lowest BCUT2D eigenvalue weighted by Crippen LogP contribution is -1.83. The van der Waals surface area contributed by atoms with E-state index in [1.807, 2.05) is 24.3 Å². The molecule has 0 N–H and O–H groups in total.